The fourth-order valence-electron chi connectivity index (χ4n) is 0.545. The molecule has 0 aromatic rings. The molecule has 0 amide bonds. The highest BCUT2D eigenvalue weighted by Crippen LogP contribution is 2.26. The molecular weight excluding hydrogens is 173 g/mol. The topological polar surface area (TPSA) is 9.23 Å². The number of halogens is 3. The lowest BCUT2D eigenvalue weighted by molar-refractivity contribution is -0.142. The summed E-state index contributed by atoms with van der Waals surface area (Å²) in [6, 6.07) is 0. The maximum absolute atomic E-state index is 11.7. The fraction of sp³-hybridized carbons (Fsp3) is 1.00. The van der Waals surface area contributed by atoms with Gasteiger partial charge < -0.3 is 4.43 Å². The number of hydrogen-bond donors (Lipinski definition) is 0. The zero-order valence-electron chi connectivity index (χ0n) is 6.96. The average Bonchev–Trinajstić information content (AvgIpc) is 1.83. The Morgan fingerprint density at radius 2 is 1.64 bits per heavy atom. The van der Waals surface area contributed by atoms with Crippen LogP contribution in [-0.4, -0.2) is 22.3 Å². The van der Waals surface area contributed by atoms with E-state index in [9.17, 15) is 13.2 Å². The first-order chi connectivity index (χ1) is 4.77. The van der Waals surface area contributed by atoms with Crippen LogP contribution < -0.4 is 0 Å². The molecular formula is C6H13F3OSi. The molecule has 68 valence electrons. The van der Waals surface area contributed by atoms with Crippen LogP contribution in [0.1, 0.15) is 26.7 Å². The summed E-state index contributed by atoms with van der Waals surface area (Å²) in [5.74, 6) is 0. The van der Waals surface area contributed by atoms with Crippen LogP contribution in [0.5, 0.6) is 0 Å². The Morgan fingerprint density at radius 1 is 1.18 bits per heavy atom. The van der Waals surface area contributed by atoms with Gasteiger partial charge in [-0.3, -0.25) is 0 Å². The Kier molecular flexibility index (Phi) is 3.57. The molecule has 1 nitrogen and oxygen atoms in total. The van der Waals surface area contributed by atoms with Crippen LogP contribution in [0.4, 0.5) is 13.2 Å². The van der Waals surface area contributed by atoms with Gasteiger partial charge >= 0.3 is 6.18 Å². The second-order valence-electron chi connectivity index (χ2n) is 3.08. The number of rotatable bonds is 3. The summed E-state index contributed by atoms with van der Waals surface area (Å²) in [7, 11) is 0.481. The molecule has 0 N–H and O–H groups in total. The zero-order valence-corrected chi connectivity index (χ0v) is 8.96. The van der Waals surface area contributed by atoms with Crippen LogP contribution >= 0.6 is 0 Å². The van der Waals surface area contributed by atoms with Crippen molar-refractivity contribution >= 4 is 10.5 Å². The van der Waals surface area contributed by atoms with Gasteiger partial charge in [-0.15, -0.1) is 0 Å². The van der Waals surface area contributed by atoms with Crippen molar-refractivity contribution in [1.29, 1.82) is 0 Å². The highest BCUT2D eigenvalue weighted by Gasteiger charge is 2.30. The maximum Gasteiger partial charge on any atom is 0.389 e. The lowest BCUT2D eigenvalue weighted by Crippen LogP contribution is -2.25. The van der Waals surface area contributed by atoms with Gasteiger partial charge in [-0.2, -0.15) is 13.2 Å². The van der Waals surface area contributed by atoms with E-state index in [1.807, 2.05) is 0 Å². The van der Waals surface area contributed by atoms with Crippen molar-refractivity contribution in [1.82, 2.24) is 0 Å². The molecule has 5 heteroatoms. The highest BCUT2D eigenvalue weighted by atomic mass is 28.2. The molecule has 0 rings (SSSR count). The molecule has 0 aliphatic rings. The van der Waals surface area contributed by atoms with Gasteiger partial charge in [0.15, 0.2) is 0 Å². The predicted molar refractivity (Wildman–Crippen MR) is 40.4 cm³/mol. The van der Waals surface area contributed by atoms with E-state index in [4.69, 9.17) is 4.43 Å². The van der Waals surface area contributed by atoms with Crippen LogP contribution in [0.15, 0.2) is 0 Å². The minimum atomic E-state index is -4.06. The van der Waals surface area contributed by atoms with Crippen molar-refractivity contribution in [2.75, 3.05) is 0 Å². The van der Waals surface area contributed by atoms with E-state index in [0.717, 1.165) is 0 Å². The van der Waals surface area contributed by atoms with Gasteiger partial charge in [0.1, 0.15) is 10.5 Å². The average molecular weight is 186 g/mol. The molecule has 0 saturated heterocycles. The third-order valence-corrected chi connectivity index (χ3v) is 2.67. The summed E-state index contributed by atoms with van der Waals surface area (Å²) in [5.41, 5.74) is -0.609. The largest absolute Gasteiger partial charge is 0.423 e. The second-order valence-corrected chi connectivity index (χ2v) is 3.49. The summed E-state index contributed by atoms with van der Waals surface area (Å²) in [6.07, 6.45) is -4.78. The van der Waals surface area contributed by atoms with E-state index >= 15 is 0 Å². The molecule has 11 heavy (non-hydrogen) atoms. The summed E-state index contributed by atoms with van der Waals surface area (Å²) < 4.78 is 40.0. The second kappa shape index (κ2) is 3.58. The standard InChI is InChI=1S/C6H13F3OSi/c1-5(2,10-11)3-4-6(7,8)9/h3-4H2,1-2,11H3. The normalized spacial score (nSPS) is 13.9. The van der Waals surface area contributed by atoms with E-state index in [1.165, 1.54) is 0 Å². The Balaban J connectivity index is 3.70. The van der Waals surface area contributed by atoms with Gasteiger partial charge in [-0.1, -0.05) is 0 Å². The molecule has 0 saturated carbocycles. The first-order valence-electron chi connectivity index (χ1n) is 3.39. The van der Waals surface area contributed by atoms with Crippen LogP contribution in [-0.2, 0) is 4.43 Å². The third kappa shape index (κ3) is 6.37. The minimum Gasteiger partial charge on any atom is -0.423 e. The van der Waals surface area contributed by atoms with Gasteiger partial charge in [-0.25, -0.2) is 0 Å². The van der Waals surface area contributed by atoms with Gasteiger partial charge in [0, 0.05) is 12.0 Å². The molecule has 0 aliphatic heterocycles. The monoisotopic (exact) mass is 186 g/mol. The van der Waals surface area contributed by atoms with E-state index in [0.29, 0.717) is 10.5 Å². The molecule has 0 fully saturated rings. The van der Waals surface area contributed by atoms with Crippen LogP contribution in [0.2, 0.25) is 0 Å². The molecule has 0 unspecified atom stereocenters. The van der Waals surface area contributed by atoms with Crippen molar-refractivity contribution < 1.29 is 17.6 Å². The SMILES string of the molecule is CC(C)(CCC(F)(F)F)O[SiH3]. The van der Waals surface area contributed by atoms with E-state index < -0.39 is 18.2 Å². The quantitative estimate of drug-likeness (QED) is 0.605. The molecule has 0 aromatic carbocycles. The molecule has 0 heterocycles. The number of hydrogen-bond acceptors (Lipinski definition) is 1. The summed E-state index contributed by atoms with van der Waals surface area (Å²) >= 11 is 0. The Hall–Kier alpha value is -0.0331. The Labute approximate surface area is 67.5 Å². The van der Waals surface area contributed by atoms with Crippen molar-refractivity contribution in [3.8, 4) is 0 Å². The lowest BCUT2D eigenvalue weighted by Gasteiger charge is -2.23. The summed E-state index contributed by atoms with van der Waals surface area (Å²) in [6.45, 7) is 3.34. The number of alkyl halides is 3. The zero-order chi connectivity index (χ0) is 9.12. The van der Waals surface area contributed by atoms with Gasteiger partial charge in [0.2, 0.25) is 0 Å². The van der Waals surface area contributed by atoms with E-state index in [1.54, 1.807) is 13.8 Å². The first kappa shape index (κ1) is 11.0. The first-order valence-corrected chi connectivity index (χ1v) is 4.20. The third-order valence-electron chi connectivity index (χ3n) is 1.56. The van der Waals surface area contributed by atoms with Crippen molar-refractivity contribution in [3.63, 3.8) is 0 Å². The van der Waals surface area contributed by atoms with Gasteiger partial charge in [0.05, 0.1) is 0 Å². The Bertz CT molecular complexity index is 121. The summed E-state index contributed by atoms with van der Waals surface area (Å²) in [5, 5.41) is 0. The van der Waals surface area contributed by atoms with E-state index in [2.05, 4.69) is 0 Å². The minimum absolute atomic E-state index is 0.0417. The Morgan fingerprint density at radius 3 is 1.91 bits per heavy atom. The molecule has 0 spiro atoms. The molecule has 0 aromatic heterocycles. The molecule has 0 bridgehead atoms. The van der Waals surface area contributed by atoms with Gasteiger partial charge in [0.25, 0.3) is 0 Å². The molecule has 0 aliphatic carbocycles. The van der Waals surface area contributed by atoms with Gasteiger partial charge in [-0.05, 0) is 20.3 Å². The van der Waals surface area contributed by atoms with Crippen LogP contribution in [0.3, 0.4) is 0 Å². The van der Waals surface area contributed by atoms with Crippen LogP contribution in [0, 0.1) is 0 Å². The lowest BCUT2D eigenvalue weighted by atomic mass is 10.0. The summed E-state index contributed by atoms with van der Waals surface area (Å²) in [4.78, 5) is 0. The smallest absolute Gasteiger partial charge is 0.389 e. The molecule has 0 radical (unpaired) electrons. The maximum atomic E-state index is 11.7. The molecule has 0 atom stereocenters. The predicted octanol–water partition coefficient (Wildman–Crippen LogP) is 1.40. The fourth-order valence-corrected chi connectivity index (χ4v) is 0.749. The van der Waals surface area contributed by atoms with Crippen molar-refractivity contribution in [2.24, 2.45) is 0 Å². The highest BCUT2D eigenvalue weighted by molar-refractivity contribution is 5.98. The van der Waals surface area contributed by atoms with E-state index in [-0.39, 0.29) is 6.42 Å². The van der Waals surface area contributed by atoms with Crippen molar-refractivity contribution in [3.05, 3.63) is 0 Å². The van der Waals surface area contributed by atoms with Crippen molar-refractivity contribution in [2.45, 2.75) is 38.5 Å². The van der Waals surface area contributed by atoms with Crippen LogP contribution in [0.25, 0.3) is 0 Å².